The molecule has 6 heteroatoms. The fourth-order valence-electron chi connectivity index (χ4n) is 6.34. The molecule has 1 aliphatic carbocycles. The van der Waals surface area contributed by atoms with Crippen LogP contribution in [0.1, 0.15) is 79.4 Å². The molecule has 5 rings (SSSR count). The van der Waals surface area contributed by atoms with Crippen LogP contribution in [0.5, 0.6) is 0 Å². The van der Waals surface area contributed by atoms with Crippen molar-refractivity contribution in [1.82, 2.24) is 14.8 Å². The number of rotatable bonds is 5. The molecule has 1 unspecified atom stereocenters. The number of carbonyl (C=O) groups excluding carboxylic acids is 2. The Bertz CT molecular complexity index is 1050. The Morgan fingerprint density at radius 2 is 1.71 bits per heavy atom. The summed E-state index contributed by atoms with van der Waals surface area (Å²) in [6.45, 7) is 5.87. The molecule has 2 fully saturated rings. The molecule has 0 N–H and O–H groups in total. The van der Waals surface area contributed by atoms with Crippen LogP contribution in [0, 0.1) is 5.41 Å². The Morgan fingerprint density at radius 1 is 1.03 bits per heavy atom. The molecule has 0 radical (unpaired) electrons. The minimum atomic E-state index is 0.0898. The van der Waals surface area contributed by atoms with E-state index in [-0.39, 0.29) is 17.9 Å². The van der Waals surface area contributed by atoms with Gasteiger partial charge in [0.1, 0.15) is 0 Å². The number of piperidine rings is 2. The highest BCUT2D eigenvalue weighted by Crippen LogP contribution is 2.42. The van der Waals surface area contributed by atoms with Gasteiger partial charge in [0.05, 0.1) is 6.04 Å². The number of benzene rings is 1. The molecule has 3 heterocycles. The average molecular weight is 475 g/mol. The molecule has 0 saturated carbocycles. The molecule has 1 spiro atoms. The first-order chi connectivity index (χ1) is 17.0. The number of pyridine rings is 1. The van der Waals surface area contributed by atoms with Crippen LogP contribution in [0.2, 0.25) is 0 Å². The topological polar surface area (TPSA) is 56.8 Å². The quantitative estimate of drug-likeness (QED) is 0.622. The summed E-state index contributed by atoms with van der Waals surface area (Å²) in [5.41, 5.74) is 4.85. The Hall–Kier alpha value is -2.89. The van der Waals surface area contributed by atoms with Crippen molar-refractivity contribution in [2.45, 2.75) is 64.3 Å². The van der Waals surface area contributed by atoms with Gasteiger partial charge in [0, 0.05) is 63.3 Å². The van der Waals surface area contributed by atoms with Gasteiger partial charge in [-0.3, -0.25) is 14.6 Å². The summed E-state index contributed by atoms with van der Waals surface area (Å²) in [7, 11) is 1.91. The van der Waals surface area contributed by atoms with Gasteiger partial charge in [-0.1, -0.05) is 13.0 Å². The molecule has 1 atom stereocenters. The van der Waals surface area contributed by atoms with Crippen molar-refractivity contribution < 1.29 is 9.59 Å². The highest BCUT2D eigenvalue weighted by atomic mass is 16.2. The lowest BCUT2D eigenvalue weighted by Gasteiger charge is -2.47. The van der Waals surface area contributed by atoms with Gasteiger partial charge in [0.25, 0.3) is 5.91 Å². The molecule has 1 aromatic carbocycles. The Morgan fingerprint density at radius 3 is 2.40 bits per heavy atom. The second kappa shape index (κ2) is 10.00. The predicted molar refractivity (Wildman–Crippen MR) is 138 cm³/mol. The van der Waals surface area contributed by atoms with Crippen LogP contribution < -0.4 is 4.90 Å². The van der Waals surface area contributed by atoms with Crippen molar-refractivity contribution in [3.63, 3.8) is 0 Å². The average Bonchev–Trinajstić information content (AvgIpc) is 3.33. The van der Waals surface area contributed by atoms with Crippen molar-refractivity contribution in [1.29, 1.82) is 0 Å². The summed E-state index contributed by atoms with van der Waals surface area (Å²) < 4.78 is 0. The normalized spacial score (nSPS) is 21.1. The summed E-state index contributed by atoms with van der Waals surface area (Å²) in [6, 6.07) is 10.5. The molecule has 2 saturated heterocycles. The van der Waals surface area contributed by atoms with Gasteiger partial charge in [-0.25, -0.2) is 0 Å². The van der Waals surface area contributed by atoms with E-state index in [4.69, 9.17) is 0 Å². The van der Waals surface area contributed by atoms with Gasteiger partial charge < -0.3 is 14.7 Å². The third-order valence-corrected chi connectivity index (χ3v) is 8.73. The summed E-state index contributed by atoms with van der Waals surface area (Å²) in [5, 5.41) is 0. The minimum Gasteiger partial charge on any atom is -0.371 e. The fourth-order valence-corrected chi connectivity index (χ4v) is 6.34. The molecule has 1 aromatic heterocycles. The number of fused-ring (bicyclic) bond motifs is 1. The zero-order chi connectivity index (χ0) is 24.4. The first-order valence-corrected chi connectivity index (χ1v) is 13.3. The Balaban J connectivity index is 1.20. The van der Waals surface area contributed by atoms with Crippen LogP contribution in [0.15, 0.2) is 42.7 Å². The number of hydrogen-bond acceptors (Lipinski definition) is 4. The van der Waals surface area contributed by atoms with E-state index in [9.17, 15) is 9.59 Å². The molecule has 186 valence electrons. The number of aromatic nitrogens is 1. The lowest BCUT2D eigenvalue weighted by molar-refractivity contribution is -0.132. The highest BCUT2D eigenvalue weighted by Gasteiger charge is 2.39. The van der Waals surface area contributed by atoms with E-state index in [1.54, 1.807) is 0 Å². The lowest BCUT2D eigenvalue weighted by atomic mass is 9.71. The van der Waals surface area contributed by atoms with E-state index < -0.39 is 0 Å². The molecular weight excluding hydrogens is 436 g/mol. The predicted octanol–water partition coefficient (Wildman–Crippen LogP) is 4.85. The first kappa shape index (κ1) is 23.8. The van der Waals surface area contributed by atoms with Crippen molar-refractivity contribution >= 4 is 17.5 Å². The number of aryl methyl sites for hydroxylation is 1. The first-order valence-electron chi connectivity index (χ1n) is 13.3. The Kier molecular flexibility index (Phi) is 6.81. The second-order valence-corrected chi connectivity index (χ2v) is 10.7. The standard InChI is InChI=1S/C29H38N4O2/c1-3-4-27(34)31(2)26-8-7-22-5-6-23(21-25(22)26)28(35)33-19-13-29(14-20-33)11-17-32(18-12-29)24-9-15-30-16-10-24/h5-6,9-10,15-16,21,26H,3-4,7-8,11-14,17-20H2,1-2H3. The zero-order valence-corrected chi connectivity index (χ0v) is 21.2. The number of hydrogen-bond donors (Lipinski definition) is 0. The number of nitrogens with zero attached hydrogens (tertiary/aromatic N) is 4. The maximum atomic E-state index is 13.5. The van der Waals surface area contributed by atoms with Crippen molar-refractivity contribution in [3.05, 3.63) is 59.4 Å². The van der Waals surface area contributed by atoms with Crippen molar-refractivity contribution in [2.24, 2.45) is 5.41 Å². The second-order valence-electron chi connectivity index (χ2n) is 10.7. The fraction of sp³-hybridized carbons (Fsp3) is 0.552. The smallest absolute Gasteiger partial charge is 0.253 e. The van der Waals surface area contributed by atoms with Gasteiger partial charge in [-0.2, -0.15) is 0 Å². The molecule has 6 nitrogen and oxygen atoms in total. The molecule has 2 aromatic rings. The van der Waals surface area contributed by atoms with Gasteiger partial charge in [0.2, 0.25) is 5.91 Å². The van der Waals surface area contributed by atoms with Crippen LogP contribution in [0.4, 0.5) is 5.69 Å². The van der Waals surface area contributed by atoms with Crippen LogP contribution in [-0.2, 0) is 11.2 Å². The van der Waals surface area contributed by atoms with Crippen LogP contribution in [0.25, 0.3) is 0 Å². The van der Waals surface area contributed by atoms with E-state index >= 15 is 0 Å². The summed E-state index contributed by atoms with van der Waals surface area (Å²) in [5.74, 6) is 0.337. The number of amides is 2. The molecule has 35 heavy (non-hydrogen) atoms. The van der Waals surface area contributed by atoms with Crippen molar-refractivity contribution in [3.8, 4) is 0 Å². The van der Waals surface area contributed by atoms with Gasteiger partial charge in [-0.15, -0.1) is 0 Å². The van der Waals surface area contributed by atoms with Gasteiger partial charge in [-0.05, 0) is 85.8 Å². The molecule has 0 bridgehead atoms. The lowest BCUT2D eigenvalue weighted by Crippen LogP contribution is -2.48. The van der Waals surface area contributed by atoms with Crippen LogP contribution >= 0.6 is 0 Å². The minimum absolute atomic E-state index is 0.0898. The highest BCUT2D eigenvalue weighted by molar-refractivity contribution is 5.94. The summed E-state index contributed by atoms with van der Waals surface area (Å²) in [6.07, 6.45) is 11.7. The maximum Gasteiger partial charge on any atom is 0.253 e. The number of likely N-dealkylation sites (tertiary alicyclic amines) is 1. The molecule has 3 aliphatic rings. The Labute approximate surface area is 209 Å². The monoisotopic (exact) mass is 474 g/mol. The maximum absolute atomic E-state index is 13.5. The molecule has 2 aliphatic heterocycles. The summed E-state index contributed by atoms with van der Waals surface area (Å²) in [4.78, 5) is 36.5. The number of carbonyl (C=O) groups is 2. The van der Waals surface area contributed by atoms with E-state index in [0.29, 0.717) is 11.8 Å². The van der Waals surface area contributed by atoms with E-state index in [2.05, 4.69) is 39.0 Å². The van der Waals surface area contributed by atoms with E-state index in [1.165, 1.54) is 29.7 Å². The van der Waals surface area contributed by atoms with Crippen LogP contribution in [-0.4, -0.2) is 59.8 Å². The largest absolute Gasteiger partial charge is 0.371 e. The third-order valence-electron chi connectivity index (χ3n) is 8.73. The zero-order valence-electron chi connectivity index (χ0n) is 21.2. The SMILES string of the molecule is CCCC(=O)N(C)C1CCc2ccc(C(=O)N3CCC4(CC3)CCN(c3ccncc3)CC4)cc21. The van der Waals surface area contributed by atoms with Gasteiger partial charge in [0.15, 0.2) is 0 Å². The van der Waals surface area contributed by atoms with Crippen molar-refractivity contribution in [2.75, 3.05) is 38.1 Å². The summed E-state index contributed by atoms with van der Waals surface area (Å²) >= 11 is 0. The third kappa shape index (κ3) is 4.80. The van der Waals surface area contributed by atoms with E-state index in [0.717, 1.165) is 63.8 Å². The van der Waals surface area contributed by atoms with Gasteiger partial charge >= 0.3 is 0 Å². The molecular formula is C29H38N4O2. The van der Waals surface area contributed by atoms with Crippen LogP contribution in [0.3, 0.4) is 0 Å². The molecule has 2 amide bonds. The number of anilines is 1. The van der Waals surface area contributed by atoms with E-state index in [1.807, 2.05) is 37.3 Å².